The van der Waals surface area contributed by atoms with Gasteiger partial charge in [-0.2, -0.15) is 0 Å². The second-order valence-electron chi connectivity index (χ2n) is 7.97. The van der Waals surface area contributed by atoms with Gasteiger partial charge in [0, 0.05) is 23.5 Å². The molecule has 0 spiro atoms. The van der Waals surface area contributed by atoms with Crippen molar-refractivity contribution in [1.29, 1.82) is 0 Å². The third-order valence-electron chi connectivity index (χ3n) is 6.59. The van der Waals surface area contributed by atoms with Crippen molar-refractivity contribution in [2.45, 2.75) is 81.9 Å². The molecule has 0 aromatic rings. The van der Waals surface area contributed by atoms with E-state index in [2.05, 4.69) is 52.6 Å². The Bertz CT molecular complexity index is 386. The predicted molar refractivity (Wildman–Crippen MR) is 98.3 cm³/mol. The molecule has 1 saturated heterocycles. The van der Waals surface area contributed by atoms with Crippen molar-refractivity contribution in [3.8, 4) is 0 Å². The zero-order valence-electron chi connectivity index (χ0n) is 14.3. The molecule has 3 aliphatic rings. The maximum absolute atomic E-state index is 4.09. The van der Waals surface area contributed by atoms with Crippen LogP contribution in [0.2, 0.25) is 0 Å². The first-order valence-corrected chi connectivity index (χ1v) is 10.3. The van der Waals surface area contributed by atoms with Crippen LogP contribution in [0.1, 0.15) is 58.8 Å². The maximum Gasteiger partial charge on any atom is 0.0634 e. The number of hydrogen-bond acceptors (Lipinski definition) is 2. The van der Waals surface area contributed by atoms with Crippen LogP contribution >= 0.6 is 15.9 Å². The molecule has 0 amide bonds. The van der Waals surface area contributed by atoms with Crippen LogP contribution in [0.15, 0.2) is 12.7 Å². The lowest BCUT2D eigenvalue weighted by molar-refractivity contribution is 0.123. The molecule has 1 heterocycles. The highest BCUT2D eigenvalue weighted by molar-refractivity contribution is 9.09. The summed E-state index contributed by atoms with van der Waals surface area (Å²) in [5, 5.41) is 4.09. The van der Waals surface area contributed by atoms with Gasteiger partial charge in [-0.1, -0.05) is 48.7 Å². The van der Waals surface area contributed by atoms with E-state index in [9.17, 15) is 0 Å². The first-order chi connectivity index (χ1) is 10.6. The second kappa shape index (κ2) is 7.36. The molecule has 2 aliphatic carbocycles. The van der Waals surface area contributed by atoms with Crippen molar-refractivity contribution < 1.29 is 0 Å². The van der Waals surface area contributed by atoms with Gasteiger partial charge < -0.3 is 0 Å². The Balaban J connectivity index is 1.73. The van der Waals surface area contributed by atoms with Crippen molar-refractivity contribution in [3.05, 3.63) is 12.7 Å². The topological polar surface area (TPSA) is 15.3 Å². The van der Waals surface area contributed by atoms with Crippen LogP contribution in [0.25, 0.3) is 0 Å². The monoisotopic (exact) mass is 368 g/mol. The van der Waals surface area contributed by atoms with Gasteiger partial charge in [-0.05, 0) is 49.9 Å². The Hall–Kier alpha value is 0.140. The van der Waals surface area contributed by atoms with E-state index in [0.717, 1.165) is 35.2 Å². The minimum atomic E-state index is 0.552. The van der Waals surface area contributed by atoms with Crippen LogP contribution in [-0.4, -0.2) is 34.5 Å². The summed E-state index contributed by atoms with van der Waals surface area (Å²) in [5.41, 5.74) is 0. The van der Waals surface area contributed by atoms with Gasteiger partial charge in [0.05, 0.1) is 6.17 Å². The molecular weight excluding hydrogens is 336 g/mol. The lowest BCUT2D eigenvalue weighted by atomic mass is 9.79. The number of likely N-dealkylation sites (tertiary alicyclic amines) is 1. The molecular formula is C19H33BrN2. The summed E-state index contributed by atoms with van der Waals surface area (Å²) in [6.45, 7) is 9.98. The van der Waals surface area contributed by atoms with Crippen LogP contribution in [0.3, 0.4) is 0 Å². The Morgan fingerprint density at radius 2 is 1.95 bits per heavy atom. The fourth-order valence-corrected chi connectivity index (χ4v) is 5.98. The average molecular weight is 369 g/mol. The third-order valence-corrected chi connectivity index (χ3v) is 7.42. The van der Waals surface area contributed by atoms with Gasteiger partial charge in [0.15, 0.2) is 0 Å². The Morgan fingerprint density at radius 1 is 1.18 bits per heavy atom. The fraction of sp³-hybridized carbons (Fsp3) is 0.895. The first kappa shape index (κ1) is 17.0. The van der Waals surface area contributed by atoms with E-state index < -0.39 is 0 Å². The lowest BCUT2D eigenvalue weighted by Gasteiger charge is -2.38. The van der Waals surface area contributed by atoms with Crippen molar-refractivity contribution in [2.75, 3.05) is 6.54 Å². The molecule has 0 radical (unpaired) electrons. The number of alkyl halides is 1. The zero-order valence-corrected chi connectivity index (χ0v) is 15.9. The summed E-state index contributed by atoms with van der Waals surface area (Å²) in [7, 11) is 0. The van der Waals surface area contributed by atoms with Crippen molar-refractivity contribution >= 4 is 15.9 Å². The molecule has 0 aromatic heterocycles. The predicted octanol–water partition coefficient (Wildman–Crippen LogP) is 4.55. The molecule has 0 bridgehead atoms. The highest BCUT2D eigenvalue weighted by atomic mass is 79.9. The molecule has 3 heteroatoms. The highest BCUT2D eigenvalue weighted by Gasteiger charge is 2.48. The number of nitrogens with one attached hydrogen (secondary N) is 1. The summed E-state index contributed by atoms with van der Waals surface area (Å²) in [6.07, 6.45) is 12.3. The maximum atomic E-state index is 4.09. The number of fused-ring (bicyclic) bond motifs is 1. The number of nitrogens with zero attached hydrogens (tertiary/aromatic N) is 1. The van der Waals surface area contributed by atoms with E-state index in [-0.39, 0.29) is 0 Å². The molecule has 2 nitrogen and oxygen atoms in total. The molecule has 126 valence electrons. The van der Waals surface area contributed by atoms with Crippen molar-refractivity contribution in [2.24, 2.45) is 17.8 Å². The lowest BCUT2D eigenvalue weighted by Crippen LogP contribution is -2.53. The van der Waals surface area contributed by atoms with E-state index in [1.165, 1.54) is 44.9 Å². The quantitative estimate of drug-likeness (QED) is 0.578. The summed E-state index contributed by atoms with van der Waals surface area (Å²) in [4.78, 5) is 3.47. The van der Waals surface area contributed by atoms with Gasteiger partial charge in [-0.3, -0.25) is 10.2 Å². The molecule has 3 fully saturated rings. The Morgan fingerprint density at radius 3 is 2.68 bits per heavy atom. The molecule has 1 aliphatic heterocycles. The molecule has 7 unspecified atom stereocenters. The smallest absolute Gasteiger partial charge is 0.0634 e. The normalized spacial score (nSPS) is 46.4. The van der Waals surface area contributed by atoms with Gasteiger partial charge in [-0.15, -0.1) is 6.58 Å². The molecule has 7 atom stereocenters. The van der Waals surface area contributed by atoms with E-state index in [1.807, 2.05) is 0 Å². The Kier molecular flexibility index (Phi) is 5.68. The van der Waals surface area contributed by atoms with Crippen LogP contribution < -0.4 is 5.32 Å². The molecule has 3 rings (SSSR count). The van der Waals surface area contributed by atoms with Gasteiger partial charge >= 0.3 is 0 Å². The highest BCUT2D eigenvalue weighted by Crippen LogP contribution is 2.44. The summed E-state index contributed by atoms with van der Waals surface area (Å²) in [6, 6.07) is 1.48. The minimum absolute atomic E-state index is 0.552. The van der Waals surface area contributed by atoms with E-state index >= 15 is 0 Å². The van der Waals surface area contributed by atoms with Crippen LogP contribution in [-0.2, 0) is 0 Å². The molecule has 22 heavy (non-hydrogen) atoms. The van der Waals surface area contributed by atoms with Gasteiger partial charge in [0.1, 0.15) is 0 Å². The second-order valence-corrected chi connectivity index (χ2v) is 9.26. The number of halogens is 1. The summed E-state index contributed by atoms with van der Waals surface area (Å²) in [5.74, 6) is 2.42. The molecule has 2 saturated carbocycles. The standard InChI is InChI=1S/C19H33BrN2/c1-4-11-22-18-10-9-15(20)12-16(18)14(3)19(22)21-17-8-6-5-7-13(17)2/h4,13-19,21H,1,5-12H2,2-3H3. The first-order valence-electron chi connectivity index (χ1n) is 9.38. The van der Waals surface area contributed by atoms with Crippen LogP contribution in [0.5, 0.6) is 0 Å². The third kappa shape index (κ3) is 3.32. The average Bonchev–Trinajstić information content (AvgIpc) is 2.75. The van der Waals surface area contributed by atoms with E-state index in [1.54, 1.807) is 0 Å². The van der Waals surface area contributed by atoms with Crippen LogP contribution in [0, 0.1) is 17.8 Å². The summed E-state index contributed by atoms with van der Waals surface area (Å²) < 4.78 is 0. The van der Waals surface area contributed by atoms with E-state index in [0.29, 0.717) is 12.2 Å². The number of rotatable bonds is 4. The molecule has 1 N–H and O–H groups in total. The van der Waals surface area contributed by atoms with Gasteiger partial charge in [-0.25, -0.2) is 0 Å². The summed E-state index contributed by atoms with van der Waals surface area (Å²) >= 11 is 3.88. The zero-order chi connectivity index (χ0) is 15.7. The van der Waals surface area contributed by atoms with Gasteiger partial charge in [0.25, 0.3) is 0 Å². The molecule has 0 aromatic carbocycles. The number of hydrogen-bond donors (Lipinski definition) is 1. The van der Waals surface area contributed by atoms with Gasteiger partial charge in [0.2, 0.25) is 0 Å². The largest absolute Gasteiger partial charge is 0.298 e. The van der Waals surface area contributed by atoms with Crippen LogP contribution in [0.4, 0.5) is 0 Å². The fourth-order valence-electron chi connectivity index (χ4n) is 5.28. The SMILES string of the molecule is C=CCN1C2CCC(Br)CC2C(C)C1NC1CCCCC1C. The minimum Gasteiger partial charge on any atom is -0.298 e. The van der Waals surface area contributed by atoms with Crippen molar-refractivity contribution in [3.63, 3.8) is 0 Å². The Labute approximate surface area is 145 Å². The van der Waals surface area contributed by atoms with E-state index in [4.69, 9.17) is 0 Å². The van der Waals surface area contributed by atoms with Crippen molar-refractivity contribution in [1.82, 2.24) is 10.2 Å².